The van der Waals surface area contributed by atoms with Crippen LogP contribution in [0.4, 0.5) is 0 Å². The summed E-state index contributed by atoms with van der Waals surface area (Å²) in [6.07, 6.45) is 6.78. The van der Waals surface area contributed by atoms with Gasteiger partial charge in [0.15, 0.2) is 6.29 Å². The molecule has 0 heterocycles. The van der Waals surface area contributed by atoms with Crippen molar-refractivity contribution in [3.8, 4) is 0 Å². The third kappa shape index (κ3) is 2.04. The van der Waals surface area contributed by atoms with Gasteiger partial charge in [0.05, 0.1) is 12.2 Å². The van der Waals surface area contributed by atoms with E-state index in [0.717, 1.165) is 25.7 Å². The molecule has 3 fully saturated rings. The fraction of sp³-hybridized carbons (Fsp3) is 0.905. The van der Waals surface area contributed by atoms with Gasteiger partial charge >= 0.3 is 0 Å². The lowest BCUT2D eigenvalue weighted by Gasteiger charge is -2.63. The van der Waals surface area contributed by atoms with Crippen molar-refractivity contribution < 1.29 is 24.8 Å². The molecule has 9 atom stereocenters. The number of hydrogen-bond donors (Lipinski definition) is 3. The third-order valence-electron chi connectivity index (χ3n) is 8.98. The average molecular weight is 366 g/mol. The Balaban J connectivity index is 1.76. The maximum Gasteiger partial charge on any atom is 0.185 e. The lowest BCUT2D eigenvalue weighted by molar-refractivity contribution is -0.274. The minimum atomic E-state index is -1.16. The second kappa shape index (κ2) is 6.02. The van der Waals surface area contributed by atoms with Gasteiger partial charge in [0, 0.05) is 25.6 Å². The molecule has 26 heavy (non-hydrogen) atoms. The Labute approximate surface area is 156 Å². The largest absolute Gasteiger partial charge is 0.393 e. The van der Waals surface area contributed by atoms with E-state index < -0.39 is 18.0 Å². The van der Waals surface area contributed by atoms with Gasteiger partial charge in [-0.2, -0.15) is 0 Å². The van der Waals surface area contributed by atoms with Gasteiger partial charge in [-0.15, -0.1) is 0 Å². The molecule has 3 N–H and O–H groups in total. The molecule has 0 unspecified atom stereocenters. The van der Waals surface area contributed by atoms with Gasteiger partial charge in [-0.25, -0.2) is 0 Å². The van der Waals surface area contributed by atoms with E-state index in [-0.39, 0.29) is 40.6 Å². The molecule has 5 heteroatoms. The van der Waals surface area contributed by atoms with Crippen LogP contribution in [0.2, 0.25) is 0 Å². The highest BCUT2D eigenvalue weighted by Gasteiger charge is 2.72. The SMILES string of the molecule is COC(OC)[C@@]1(O)CC[C@]23[C@H](C=C[C@H]4[C@H](C)[C@@H](O)CC[C@@]42C)C[C@@H]1[C@H]3O. The zero-order valence-corrected chi connectivity index (χ0v) is 16.4. The molecule has 0 aliphatic heterocycles. The van der Waals surface area contributed by atoms with E-state index in [0.29, 0.717) is 6.42 Å². The van der Waals surface area contributed by atoms with Crippen LogP contribution in [0.5, 0.6) is 0 Å². The van der Waals surface area contributed by atoms with Crippen molar-refractivity contribution in [1.29, 1.82) is 0 Å². The Kier molecular flexibility index (Phi) is 4.37. The first-order chi connectivity index (χ1) is 12.3. The quantitative estimate of drug-likeness (QED) is 0.527. The number of fused-ring (bicyclic) bond motifs is 2. The molecule has 3 saturated carbocycles. The number of aliphatic hydroxyl groups is 3. The van der Waals surface area contributed by atoms with Crippen LogP contribution in [0, 0.1) is 34.5 Å². The van der Waals surface area contributed by atoms with Gasteiger partial charge in [-0.3, -0.25) is 0 Å². The Morgan fingerprint density at radius 2 is 1.77 bits per heavy atom. The summed E-state index contributed by atoms with van der Waals surface area (Å²) in [5.74, 6) is 0.462. The van der Waals surface area contributed by atoms with E-state index in [2.05, 4.69) is 26.0 Å². The van der Waals surface area contributed by atoms with Crippen LogP contribution in [0.1, 0.15) is 46.0 Å². The number of aliphatic hydroxyl groups excluding tert-OH is 2. The van der Waals surface area contributed by atoms with Crippen LogP contribution >= 0.6 is 0 Å². The molecule has 0 aromatic carbocycles. The van der Waals surface area contributed by atoms with Gasteiger partial charge in [0.1, 0.15) is 5.60 Å². The van der Waals surface area contributed by atoms with E-state index in [1.54, 1.807) is 14.2 Å². The minimum Gasteiger partial charge on any atom is -0.393 e. The average Bonchev–Trinajstić information content (AvgIpc) is 2.83. The smallest absolute Gasteiger partial charge is 0.185 e. The van der Waals surface area contributed by atoms with E-state index in [1.165, 1.54) is 0 Å². The zero-order valence-electron chi connectivity index (χ0n) is 16.4. The standard InChI is InChI=1S/C21H34O5/c1-12-14-6-5-13-11-15-17(23)20(13,19(14,2)8-7-16(12)22)9-10-21(15,24)18(25-3)26-4/h5-6,12-18,22-24H,7-11H2,1-4H3/t12-,13+,14-,15+,16-,17+,19-,20+,21+/m0/s1. The van der Waals surface area contributed by atoms with Crippen LogP contribution in [-0.4, -0.2) is 53.6 Å². The molecule has 2 bridgehead atoms. The van der Waals surface area contributed by atoms with Crippen LogP contribution in [0.15, 0.2) is 12.2 Å². The maximum absolute atomic E-state index is 11.6. The number of hydrogen-bond acceptors (Lipinski definition) is 5. The summed E-state index contributed by atoms with van der Waals surface area (Å²) in [7, 11) is 3.10. The van der Waals surface area contributed by atoms with Crippen molar-refractivity contribution in [1.82, 2.24) is 0 Å². The highest BCUT2D eigenvalue weighted by atomic mass is 16.7. The van der Waals surface area contributed by atoms with Crippen molar-refractivity contribution in [2.45, 2.75) is 70.1 Å². The molecular formula is C21H34O5. The Morgan fingerprint density at radius 3 is 2.42 bits per heavy atom. The molecule has 0 amide bonds. The van der Waals surface area contributed by atoms with E-state index in [1.807, 2.05) is 0 Å². The van der Waals surface area contributed by atoms with Gasteiger partial charge < -0.3 is 24.8 Å². The second-order valence-electron chi connectivity index (χ2n) is 9.52. The molecule has 0 aromatic rings. The van der Waals surface area contributed by atoms with Crippen molar-refractivity contribution in [2.24, 2.45) is 34.5 Å². The number of allylic oxidation sites excluding steroid dienone is 2. The summed E-state index contributed by atoms with van der Waals surface area (Å²) in [5.41, 5.74) is -1.45. The summed E-state index contributed by atoms with van der Waals surface area (Å²) in [6.45, 7) is 4.45. The molecule has 0 aromatic heterocycles. The lowest BCUT2D eigenvalue weighted by Crippen LogP contribution is -2.65. The van der Waals surface area contributed by atoms with E-state index in [9.17, 15) is 15.3 Å². The Bertz CT molecular complexity index is 589. The van der Waals surface area contributed by atoms with Crippen LogP contribution in [0.25, 0.3) is 0 Å². The molecular weight excluding hydrogens is 332 g/mol. The molecule has 0 radical (unpaired) electrons. The minimum absolute atomic E-state index is 0.0593. The highest BCUT2D eigenvalue weighted by molar-refractivity contribution is 5.28. The number of methoxy groups -OCH3 is 2. The summed E-state index contributed by atoms with van der Waals surface area (Å²) < 4.78 is 10.8. The summed E-state index contributed by atoms with van der Waals surface area (Å²) in [4.78, 5) is 0. The molecule has 148 valence electrons. The Morgan fingerprint density at radius 1 is 1.08 bits per heavy atom. The van der Waals surface area contributed by atoms with Gasteiger partial charge in [-0.05, 0) is 55.3 Å². The van der Waals surface area contributed by atoms with E-state index >= 15 is 0 Å². The second-order valence-corrected chi connectivity index (χ2v) is 9.52. The normalized spacial score (nSPS) is 55.7. The van der Waals surface area contributed by atoms with Crippen molar-refractivity contribution in [2.75, 3.05) is 14.2 Å². The molecule has 0 saturated heterocycles. The third-order valence-corrected chi connectivity index (χ3v) is 8.98. The van der Waals surface area contributed by atoms with Crippen molar-refractivity contribution in [3.63, 3.8) is 0 Å². The Hall–Kier alpha value is -0.460. The fourth-order valence-electron chi connectivity index (χ4n) is 7.57. The predicted octanol–water partition coefficient (Wildman–Crippen LogP) is 2.10. The summed E-state index contributed by atoms with van der Waals surface area (Å²) in [6, 6.07) is 0. The molecule has 4 aliphatic carbocycles. The van der Waals surface area contributed by atoms with E-state index in [4.69, 9.17) is 9.47 Å². The first kappa shape index (κ1) is 18.9. The van der Waals surface area contributed by atoms with Crippen LogP contribution in [-0.2, 0) is 9.47 Å². The predicted molar refractivity (Wildman–Crippen MR) is 97.2 cm³/mol. The fourth-order valence-corrected chi connectivity index (χ4v) is 7.57. The van der Waals surface area contributed by atoms with Crippen LogP contribution < -0.4 is 0 Å². The summed E-state index contributed by atoms with van der Waals surface area (Å²) >= 11 is 0. The highest BCUT2D eigenvalue weighted by Crippen LogP contribution is 2.72. The zero-order chi connectivity index (χ0) is 18.9. The van der Waals surface area contributed by atoms with Crippen molar-refractivity contribution >= 4 is 0 Å². The summed E-state index contributed by atoms with van der Waals surface area (Å²) in [5, 5.41) is 33.4. The first-order valence-electron chi connectivity index (χ1n) is 10.1. The molecule has 4 aliphatic rings. The molecule has 1 spiro atoms. The number of rotatable bonds is 3. The first-order valence-corrected chi connectivity index (χ1v) is 10.1. The molecule has 5 nitrogen and oxygen atoms in total. The topological polar surface area (TPSA) is 79.2 Å². The lowest BCUT2D eigenvalue weighted by atomic mass is 9.42. The van der Waals surface area contributed by atoms with Gasteiger partial charge in [0.25, 0.3) is 0 Å². The monoisotopic (exact) mass is 366 g/mol. The maximum atomic E-state index is 11.6. The van der Waals surface area contributed by atoms with Gasteiger partial charge in [-0.1, -0.05) is 26.0 Å². The van der Waals surface area contributed by atoms with Gasteiger partial charge in [0.2, 0.25) is 0 Å². The number of ether oxygens (including phenoxy) is 2. The van der Waals surface area contributed by atoms with Crippen LogP contribution in [0.3, 0.4) is 0 Å². The molecule has 4 rings (SSSR count). The van der Waals surface area contributed by atoms with Crippen molar-refractivity contribution in [3.05, 3.63) is 12.2 Å².